The molecular formula is C13H14ClN3O2S. The summed E-state index contributed by atoms with van der Waals surface area (Å²) in [6.45, 7) is 1.78. The standard InChI is InChI=1S/C13H14ClN3O2S/c1-9-2-3-11(15)7-13(9)20(18,19)17-8-12-6-10(14)4-5-16-12/h2-7,17H,8,15H2,1H3. The molecule has 1 aromatic heterocycles. The Morgan fingerprint density at radius 3 is 2.75 bits per heavy atom. The zero-order valence-electron chi connectivity index (χ0n) is 10.8. The van der Waals surface area contributed by atoms with Crippen LogP contribution in [0.3, 0.4) is 0 Å². The Labute approximate surface area is 122 Å². The third kappa shape index (κ3) is 3.47. The smallest absolute Gasteiger partial charge is 0.241 e. The highest BCUT2D eigenvalue weighted by Gasteiger charge is 2.17. The lowest BCUT2D eigenvalue weighted by atomic mass is 10.2. The third-order valence-corrected chi connectivity index (χ3v) is 4.50. The van der Waals surface area contributed by atoms with E-state index in [0.717, 1.165) is 0 Å². The number of benzene rings is 1. The number of nitrogen functional groups attached to an aromatic ring is 1. The monoisotopic (exact) mass is 311 g/mol. The fourth-order valence-corrected chi connectivity index (χ4v) is 3.16. The molecular weight excluding hydrogens is 298 g/mol. The van der Waals surface area contributed by atoms with Crippen LogP contribution in [0.2, 0.25) is 5.02 Å². The SMILES string of the molecule is Cc1ccc(N)cc1S(=O)(=O)NCc1cc(Cl)ccn1. The van der Waals surface area contributed by atoms with Gasteiger partial charge in [0.15, 0.2) is 0 Å². The number of aryl methyl sites for hydroxylation is 1. The van der Waals surface area contributed by atoms with Crippen molar-refractivity contribution in [3.8, 4) is 0 Å². The minimum Gasteiger partial charge on any atom is -0.399 e. The molecule has 1 aromatic carbocycles. The van der Waals surface area contributed by atoms with Crippen LogP contribution in [-0.2, 0) is 16.6 Å². The zero-order valence-corrected chi connectivity index (χ0v) is 12.4. The third-order valence-electron chi connectivity index (χ3n) is 2.72. The Morgan fingerprint density at radius 1 is 1.30 bits per heavy atom. The number of halogens is 1. The molecule has 0 aliphatic carbocycles. The Balaban J connectivity index is 2.21. The van der Waals surface area contributed by atoms with Crippen molar-refractivity contribution in [1.82, 2.24) is 9.71 Å². The van der Waals surface area contributed by atoms with Crippen LogP contribution in [-0.4, -0.2) is 13.4 Å². The number of pyridine rings is 1. The molecule has 0 aliphatic rings. The number of aromatic nitrogens is 1. The minimum atomic E-state index is -3.64. The summed E-state index contributed by atoms with van der Waals surface area (Å²) >= 11 is 5.82. The molecule has 0 amide bonds. The van der Waals surface area contributed by atoms with E-state index in [-0.39, 0.29) is 11.4 Å². The summed E-state index contributed by atoms with van der Waals surface area (Å²) < 4.78 is 27.0. The number of hydrogen-bond donors (Lipinski definition) is 2. The van der Waals surface area contributed by atoms with Crippen molar-refractivity contribution in [1.29, 1.82) is 0 Å². The zero-order chi connectivity index (χ0) is 14.8. The van der Waals surface area contributed by atoms with Crippen molar-refractivity contribution in [2.45, 2.75) is 18.4 Å². The van der Waals surface area contributed by atoms with Gasteiger partial charge in [-0.2, -0.15) is 0 Å². The molecule has 106 valence electrons. The van der Waals surface area contributed by atoms with Crippen LogP contribution in [0.15, 0.2) is 41.4 Å². The largest absolute Gasteiger partial charge is 0.399 e. The van der Waals surface area contributed by atoms with Crippen LogP contribution < -0.4 is 10.5 Å². The fourth-order valence-electron chi connectivity index (χ4n) is 1.70. The first kappa shape index (κ1) is 14.8. The van der Waals surface area contributed by atoms with Gasteiger partial charge in [0.05, 0.1) is 17.1 Å². The van der Waals surface area contributed by atoms with E-state index < -0.39 is 10.0 Å². The van der Waals surface area contributed by atoms with Gasteiger partial charge in [0, 0.05) is 16.9 Å². The lowest BCUT2D eigenvalue weighted by Gasteiger charge is -2.10. The van der Waals surface area contributed by atoms with Crippen molar-refractivity contribution < 1.29 is 8.42 Å². The molecule has 0 bridgehead atoms. The second-order valence-corrected chi connectivity index (χ2v) is 6.49. The second kappa shape index (κ2) is 5.78. The summed E-state index contributed by atoms with van der Waals surface area (Å²) in [4.78, 5) is 4.21. The first-order valence-electron chi connectivity index (χ1n) is 5.85. The van der Waals surface area contributed by atoms with Crippen LogP contribution in [0.1, 0.15) is 11.3 Å². The molecule has 0 saturated carbocycles. The minimum absolute atomic E-state index is 0.0666. The Bertz CT molecular complexity index is 732. The lowest BCUT2D eigenvalue weighted by Crippen LogP contribution is -2.24. The first-order chi connectivity index (χ1) is 9.38. The van der Waals surface area contributed by atoms with Gasteiger partial charge < -0.3 is 5.73 Å². The molecule has 0 fully saturated rings. The molecule has 1 heterocycles. The van der Waals surface area contributed by atoms with Gasteiger partial charge in [0.1, 0.15) is 0 Å². The Hall–Kier alpha value is -1.63. The molecule has 2 rings (SSSR count). The average Bonchev–Trinajstić information content (AvgIpc) is 2.39. The van der Waals surface area contributed by atoms with Crippen molar-refractivity contribution in [3.63, 3.8) is 0 Å². The molecule has 0 atom stereocenters. The average molecular weight is 312 g/mol. The van der Waals surface area contributed by atoms with Gasteiger partial charge in [0.25, 0.3) is 0 Å². The van der Waals surface area contributed by atoms with E-state index in [2.05, 4.69) is 9.71 Å². The molecule has 20 heavy (non-hydrogen) atoms. The number of rotatable bonds is 4. The molecule has 0 unspecified atom stereocenters. The second-order valence-electron chi connectivity index (χ2n) is 4.31. The molecule has 0 radical (unpaired) electrons. The quantitative estimate of drug-likeness (QED) is 0.847. The summed E-state index contributed by atoms with van der Waals surface area (Å²) in [6, 6.07) is 8.00. The van der Waals surface area contributed by atoms with Gasteiger partial charge in [-0.15, -0.1) is 0 Å². The molecule has 5 nitrogen and oxygen atoms in total. The van der Waals surface area contributed by atoms with Gasteiger partial charge in [-0.3, -0.25) is 4.98 Å². The van der Waals surface area contributed by atoms with Crippen LogP contribution in [0.4, 0.5) is 5.69 Å². The highest BCUT2D eigenvalue weighted by atomic mass is 35.5. The summed E-state index contributed by atoms with van der Waals surface area (Å²) in [7, 11) is -3.64. The van der Waals surface area contributed by atoms with E-state index >= 15 is 0 Å². The van der Waals surface area contributed by atoms with Crippen LogP contribution in [0.5, 0.6) is 0 Å². The normalized spacial score (nSPS) is 11.5. The molecule has 3 N–H and O–H groups in total. The fraction of sp³-hybridized carbons (Fsp3) is 0.154. The van der Waals surface area contributed by atoms with Crippen LogP contribution >= 0.6 is 11.6 Å². The number of sulfonamides is 1. The van der Waals surface area contributed by atoms with Crippen molar-refractivity contribution in [3.05, 3.63) is 52.8 Å². The number of nitrogens with zero attached hydrogens (tertiary/aromatic N) is 1. The topological polar surface area (TPSA) is 85.1 Å². The van der Waals surface area contributed by atoms with Crippen LogP contribution in [0.25, 0.3) is 0 Å². The predicted molar refractivity (Wildman–Crippen MR) is 78.9 cm³/mol. The van der Waals surface area contributed by atoms with Crippen molar-refractivity contribution in [2.24, 2.45) is 0 Å². The maximum Gasteiger partial charge on any atom is 0.241 e. The number of nitrogens with two attached hydrogens (primary N) is 1. The lowest BCUT2D eigenvalue weighted by molar-refractivity contribution is 0.580. The van der Waals surface area contributed by atoms with Crippen molar-refractivity contribution >= 4 is 27.3 Å². The maximum atomic E-state index is 12.2. The number of anilines is 1. The molecule has 0 aliphatic heterocycles. The van der Waals surface area contributed by atoms with E-state index in [0.29, 0.717) is 22.0 Å². The van der Waals surface area contributed by atoms with Gasteiger partial charge in [0.2, 0.25) is 10.0 Å². The molecule has 2 aromatic rings. The molecule has 7 heteroatoms. The van der Waals surface area contributed by atoms with E-state index in [4.69, 9.17) is 17.3 Å². The summed E-state index contributed by atoms with van der Waals surface area (Å²) in [6.07, 6.45) is 1.53. The van der Waals surface area contributed by atoms with Gasteiger partial charge in [-0.05, 0) is 36.8 Å². The van der Waals surface area contributed by atoms with Crippen LogP contribution in [0, 0.1) is 6.92 Å². The van der Waals surface area contributed by atoms with Gasteiger partial charge in [-0.25, -0.2) is 13.1 Å². The molecule has 0 saturated heterocycles. The number of hydrogen-bond acceptors (Lipinski definition) is 4. The highest BCUT2D eigenvalue weighted by molar-refractivity contribution is 7.89. The maximum absolute atomic E-state index is 12.2. The summed E-state index contributed by atoms with van der Waals surface area (Å²) in [5.74, 6) is 0. The Kier molecular flexibility index (Phi) is 4.27. The predicted octanol–water partition coefficient (Wildman–Crippen LogP) is 2.10. The first-order valence-corrected chi connectivity index (χ1v) is 7.71. The van der Waals surface area contributed by atoms with Crippen molar-refractivity contribution in [2.75, 3.05) is 5.73 Å². The van der Waals surface area contributed by atoms with E-state index in [9.17, 15) is 8.42 Å². The van der Waals surface area contributed by atoms with Gasteiger partial charge in [-0.1, -0.05) is 17.7 Å². The van der Waals surface area contributed by atoms with E-state index in [1.807, 2.05) is 0 Å². The summed E-state index contributed by atoms with van der Waals surface area (Å²) in [5.41, 5.74) is 7.20. The highest BCUT2D eigenvalue weighted by Crippen LogP contribution is 2.18. The van der Waals surface area contributed by atoms with E-state index in [1.165, 1.54) is 12.3 Å². The number of nitrogens with one attached hydrogen (secondary N) is 1. The molecule has 0 spiro atoms. The Morgan fingerprint density at radius 2 is 2.05 bits per heavy atom. The van der Waals surface area contributed by atoms with E-state index in [1.54, 1.807) is 31.2 Å². The summed E-state index contributed by atoms with van der Waals surface area (Å²) in [5, 5.41) is 0.509. The van der Waals surface area contributed by atoms with Gasteiger partial charge >= 0.3 is 0 Å².